The Morgan fingerprint density at radius 1 is 1.00 bits per heavy atom. The molecule has 1 fully saturated rings. The van der Waals surface area contributed by atoms with E-state index in [0.717, 1.165) is 73.0 Å². The fourth-order valence-electron chi connectivity index (χ4n) is 4.95. The third-order valence-corrected chi connectivity index (χ3v) is 6.69. The molecule has 2 heterocycles. The maximum atomic E-state index is 13.4. The summed E-state index contributed by atoms with van der Waals surface area (Å²) in [6, 6.07) is 16.5. The van der Waals surface area contributed by atoms with Crippen molar-refractivity contribution < 1.29 is 4.79 Å². The van der Waals surface area contributed by atoms with Gasteiger partial charge in [-0.1, -0.05) is 74.7 Å². The molecule has 0 atom stereocenters. The molecule has 0 N–H and O–H groups in total. The highest BCUT2D eigenvalue weighted by Crippen LogP contribution is 2.40. The van der Waals surface area contributed by atoms with E-state index < -0.39 is 5.54 Å². The SMILES string of the molecule is CCCCC1=NC2(CCCC2)C(=O)N1Cc1ccc(-c2ccccc2C2N=NN=N2)cc1. The first-order valence-corrected chi connectivity index (χ1v) is 11.6. The molecule has 7 heteroatoms. The van der Waals surface area contributed by atoms with Crippen LogP contribution in [0.1, 0.15) is 69.2 Å². The Bertz CT molecular complexity index is 1070. The fourth-order valence-corrected chi connectivity index (χ4v) is 4.95. The molecule has 2 aromatic rings. The lowest BCUT2D eigenvalue weighted by Crippen LogP contribution is -2.40. The van der Waals surface area contributed by atoms with Crippen LogP contribution in [0.25, 0.3) is 11.1 Å². The summed E-state index contributed by atoms with van der Waals surface area (Å²) in [4.78, 5) is 20.3. The van der Waals surface area contributed by atoms with Crippen LogP contribution in [0.2, 0.25) is 0 Å². The number of amidine groups is 1. The zero-order valence-electron chi connectivity index (χ0n) is 18.4. The fraction of sp³-hybridized carbons (Fsp3) is 0.440. The van der Waals surface area contributed by atoms with Crippen molar-refractivity contribution >= 4 is 11.7 Å². The summed E-state index contributed by atoms with van der Waals surface area (Å²) in [5.41, 5.74) is 3.76. The predicted molar refractivity (Wildman–Crippen MR) is 123 cm³/mol. The van der Waals surface area contributed by atoms with E-state index in [2.05, 4.69) is 57.9 Å². The van der Waals surface area contributed by atoms with Gasteiger partial charge in [0, 0.05) is 12.0 Å². The van der Waals surface area contributed by atoms with Crippen molar-refractivity contribution in [1.29, 1.82) is 0 Å². The molecule has 0 saturated heterocycles. The quantitative estimate of drug-likeness (QED) is 0.500. The number of carbonyl (C=O) groups excluding carboxylic acids is 1. The van der Waals surface area contributed by atoms with Gasteiger partial charge in [-0.05, 0) is 46.4 Å². The summed E-state index contributed by atoms with van der Waals surface area (Å²) in [6.45, 7) is 2.76. The summed E-state index contributed by atoms with van der Waals surface area (Å²) in [5, 5.41) is 15.5. The number of hydrogen-bond donors (Lipinski definition) is 0. The van der Waals surface area contributed by atoms with Crippen molar-refractivity contribution in [3.05, 3.63) is 59.7 Å². The molecule has 7 nitrogen and oxygen atoms in total. The molecular formula is C25H28N6O. The van der Waals surface area contributed by atoms with E-state index in [4.69, 9.17) is 4.99 Å². The maximum absolute atomic E-state index is 13.4. The van der Waals surface area contributed by atoms with Crippen LogP contribution in [0.4, 0.5) is 0 Å². The van der Waals surface area contributed by atoms with E-state index in [9.17, 15) is 4.79 Å². The van der Waals surface area contributed by atoms with Crippen LogP contribution >= 0.6 is 0 Å². The standard InChI is InChI=1S/C25H28N6O/c1-2-3-10-22-26-25(15-6-7-16-25)24(32)31(22)17-18-11-13-19(14-12-18)20-8-4-5-9-21(20)23-27-29-30-28-23/h4-5,8-9,11-14,23H,2-3,6-7,10,15-17H2,1H3. The normalized spacial score (nSPS) is 19.5. The summed E-state index contributed by atoms with van der Waals surface area (Å²) < 4.78 is 0. The molecule has 1 saturated carbocycles. The topological polar surface area (TPSA) is 82.1 Å². The number of aliphatic imine (C=N–C) groups is 1. The average molecular weight is 429 g/mol. The third kappa shape index (κ3) is 3.76. The van der Waals surface area contributed by atoms with Gasteiger partial charge in [0.1, 0.15) is 11.4 Å². The number of carbonyl (C=O) groups is 1. The molecule has 5 rings (SSSR count). The van der Waals surface area contributed by atoms with Gasteiger partial charge < -0.3 is 0 Å². The van der Waals surface area contributed by atoms with Crippen LogP contribution < -0.4 is 0 Å². The van der Waals surface area contributed by atoms with Crippen molar-refractivity contribution in [2.24, 2.45) is 25.7 Å². The second-order valence-electron chi connectivity index (χ2n) is 8.83. The van der Waals surface area contributed by atoms with Gasteiger partial charge in [0.05, 0.1) is 6.54 Å². The monoisotopic (exact) mass is 428 g/mol. The van der Waals surface area contributed by atoms with Crippen molar-refractivity contribution in [3.63, 3.8) is 0 Å². The minimum absolute atomic E-state index is 0.201. The first-order chi connectivity index (χ1) is 15.7. The molecular weight excluding hydrogens is 400 g/mol. The average Bonchev–Trinajstić information content (AvgIpc) is 3.58. The van der Waals surface area contributed by atoms with Gasteiger partial charge in [0.15, 0.2) is 0 Å². The molecule has 164 valence electrons. The number of unbranched alkanes of at least 4 members (excludes halogenated alkanes) is 1. The van der Waals surface area contributed by atoms with Gasteiger partial charge in [-0.2, -0.15) is 0 Å². The number of hydrogen-bond acceptors (Lipinski definition) is 6. The minimum Gasteiger partial charge on any atom is -0.294 e. The molecule has 1 aliphatic carbocycles. The second kappa shape index (κ2) is 8.73. The molecule has 0 aromatic heterocycles. The Balaban J connectivity index is 1.37. The second-order valence-corrected chi connectivity index (χ2v) is 8.83. The van der Waals surface area contributed by atoms with E-state index in [-0.39, 0.29) is 12.1 Å². The number of benzene rings is 2. The summed E-state index contributed by atoms with van der Waals surface area (Å²) in [7, 11) is 0. The van der Waals surface area contributed by atoms with Gasteiger partial charge in [0.2, 0.25) is 6.17 Å². The van der Waals surface area contributed by atoms with E-state index >= 15 is 0 Å². The van der Waals surface area contributed by atoms with E-state index in [1.165, 1.54) is 0 Å². The van der Waals surface area contributed by atoms with Crippen LogP contribution in [0.3, 0.4) is 0 Å². The van der Waals surface area contributed by atoms with Crippen LogP contribution in [0, 0.1) is 0 Å². The van der Waals surface area contributed by atoms with Gasteiger partial charge in [-0.15, -0.1) is 10.2 Å². The molecule has 2 aliphatic heterocycles. The first-order valence-electron chi connectivity index (χ1n) is 11.6. The molecule has 0 bridgehead atoms. The van der Waals surface area contributed by atoms with Crippen molar-refractivity contribution in [2.75, 3.05) is 0 Å². The van der Waals surface area contributed by atoms with Crippen molar-refractivity contribution in [1.82, 2.24) is 4.90 Å². The van der Waals surface area contributed by atoms with Crippen LogP contribution in [-0.2, 0) is 11.3 Å². The number of amides is 1. The lowest BCUT2D eigenvalue weighted by molar-refractivity contribution is -0.131. The van der Waals surface area contributed by atoms with E-state index in [1.54, 1.807) is 0 Å². The largest absolute Gasteiger partial charge is 0.294 e. The molecule has 0 radical (unpaired) electrons. The number of rotatable bonds is 7. The highest BCUT2D eigenvalue weighted by molar-refractivity contribution is 6.08. The van der Waals surface area contributed by atoms with Gasteiger partial charge in [-0.25, -0.2) is 0 Å². The predicted octanol–water partition coefficient (Wildman–Crippen LogP) is 6.43. The number of nitrogens with zero attached hydrogens (tertiary/aromatic N) is 6. The molecule has 2 aromatic carbocycles. The zero-order valence-corrected chi connectivity index (χ0v) is 18.4. The third-order valence-electron chi connectivity index (χ3n) is 6.69. The summed E-state index contributed by atoms with van der Waals surface area (Å²) in [5.74, 6) is 1.18. The minimum atomic E-state index is -0.480. The Labute approximate surface area is 188 Å². The van der Waals surface area contributed by atoms with Gasteiger partial charge in [0.25, 0.3) is 5.91 Å². The zero-order chi connectivity index (χ0) is 22.0. The molecule has 0 unspecified atom stereocenters. The van der Waals surface area contributed by atoms with Crippen LogP contribution in [-0.4, -0.2) is 22.2 Å². The smallest absolute Gasteiger partial charge is 0.256 e. The van der Waals surface area contributed by atoms with Crippen molar-refractivity contribution in [3.8, 4) is 11.1 Å². The lowest BCUT2D eigenvalue weighted by Gasteiger charge is -2.23. The molecule has 3 aliphatic rings. The highest BCUT2D eigenvalue weighted by Gasteiger charge is 2.49. The van der Waals surface area contributed by atoms with Gasteiger partial charge >= 0.3 is 0 Å². The molecule has 32 heavy (non-hydrogen) atoms. The highest BCUT2D eigenvalue weighted by atomic mass is 16.2. The summed E-state index contributed by atoms with van der Waals surface area (Å²) in [6.07, 6.45) is 6.63. The first kappa shape index (κ1) is 20.7. The Morgan fingerprint density at radius 2 is 1.72 bits per heavy atom. The van der Waals surface area contributed by atoms with Gasteiger partial charge in [-0.3, -0.25) is 14.7 Å². The Kier molecular flexibility index (Phi) is 5.64. The molecule has 1 amide bonds. The Morgan fingerprint density at radius 3 is 2.44 bits per heavy atom. The van der Waals surface area contributed by atoms with E-state index in [1.807, 2.05) is 23.1 Å². The summed E-state index contributed by atoms with van der Waals surface area (Å²) >= 11 is 0. The molecule has 1 spiro atoms. The van der Waals surface area contributed by atoms with Crippen LogP contribution in [0.5, 0.6) is 0 Å². The Hall–Kier alpha value is -3.22. The van der Waals surface area contributed by atoms with Crippen molar-refractivity contribution in [2.45, 2.75) is 70.1 Å². The maximum Gasteiger partial charge on any atom is 0.256 e. The van der Waals surface area contributed by atoms with Crippen LogP contribution in [0.15, 0.2) is 74.2 Å². The lowest BCUT2D eigenvalue weighted by atomic mass is 9.96. The van der Waals surface area contributed by atoms with E-state index in [0.29, 0.717) is 6.54 Å².